The molecule has 1 aromatic heterocycles. The first-order valence-corrected chi connectivity index (χ1v) is 16.8. The number of hydrogen-bond acceptors (Lipinski definition) is 4. The van der Waals surface area contributed by atoms with Crippen LogP contribution in [0, 0.1) is 6.92 Å². The lowest BCUT2D eigenvalue weighted by Crippen LogP contribution is -2.30. The number of halogens is 1. The minimum absolute atomic E-state index is 0.0321. The Bertz CT molecular complexity index is 1180. The molecule has 4 nitrogen and oxygen atoms in total. The van der Waals surface area contributed by atoms with Gasteiger partial charge in [-0.15, -0.1) is 11.3 Å². The van der Waals surface area contributed by atoms with Crippen molar-refractivity contribution in [3.63, 3.8) is 0 Å². The number of nitrogens with zero attached hydrogens (tertiary/aromatic N) is 2. The van der Waals surface area contributed by atoms with Crippen molar-refractivity contribution < 1.29 is 9.53 Å². The lowest BCUT2D eigenvalue weighted by Gasteiger charge is -2.22. The number of carbonyl (C=O) groups is 1. The number of aryl methyl sites for hydroxylation is 1. The summed E-state index contributed by atoms with van der Waals surface area (Å²) in [5.74, 6) is 0.770. The van der Waals surface area contributed by atoms with Crippen LogP contribution in [0.15, 0.2) is 48.7 Å². The van der Waals surface area contributed by atoms with E-state index in [9.17, 15) is 4.79 Å². The highest BCUT2D eigenvalue weighted by molar-refractivity contribution is 7.11. The number of benzene rings is 2. The molecule has 0 aliphatic carbocycles. The van der Waals surface area contributed by atoms with Gasteiger partial charge < -0.3 is 9.64 Å². The Balaban J connectivity index is 1.40. The van der Waals surface area contributed by atoms with Gasteiger partial charge in [0.25, 0.3) is 0 Å². The smallest absolute Gasteiger partial charge is 0.223 e. The van der Waals surface area contributed by atoms with E-state index >= 15 is 0 Å². The van der Waals surface area contributed by atoms with Crippen LogP contribution in [0.5, 0.6) is 5.75 Å². The fraction of sp³-hybridized carbons (Fsp3) is 0.543. The first kappa shape index (κ1) is 33.1. The van der Waals surface area contributed by atoms with Gasteiger partial charge in [0.15, 0.2) is 0 Å². The molecule has 3 rings (SSSR count). The minimum Gasteiger partial charge on any atom is -0.492 e. The van der Waals surface area contributed by atoms with Crippen molar-refractivity contribution in [3.05, 3.63) is 74.7 Å². The average Bonchev–Trinajstić information content (AvgIpc) is 3.37. The molecule has 6 heteroatoms. The molecule has 2 aromatic carbocycles. The maximum absolute atomic E-state index is 12.6. The molecule has 0 aliphatic heterocycles. The number of thiazole rings is 1. The van der Waals surface area contributed by atoms with Crippen LogP contribution in [-0.2, 0) is 17.6 Å². The largest absolute Gasteiger partial charge is 0.492 e. The van der Waals surface area contributed by atoms with E-state index in [0.29, 0.717) is 18.2 Å². The number of ether oxygens (including phenoxy) is 1. The monoisotopic (exact) mass is 596 g/mol. The molecule has 1 amide bonds. The van der Waals surface area contributed by atoms with Gasteiger partial charge in [0.2, 0.25) is 5.91 Å². The predicted octanol–water partition coefficient (Wildman–Crippen LogP) is 10.4. The number of rotatable bonds is 20. The van der Waals surface area contributed by atoms with Gasteiger partial charge in [-0.3, -0.25) is 4.79 Å². The number of aromatic nitrogens is 1. The van der Waals surface area contributed by atoms with E-state index in [2.05, 4.69) is 31.0 Å². The number of anilines is 1. The zero-order chi connectivity index (χ0) is 29.3. The van der Waals surface area contributed by atoms with Crippen molar-refractivity contribution in [1.29, 1.82) is 0 Å². The van der Waals surface area contributed by atoms with Gasteiger partial charge in [-0.25, -0.2) is 4.98 Å². The highest BCUT2D eigenvalue weighted by atomic mass is 35.5. The van der Waals surface area contributed by atoms with E-state index in [-0.39, 0.29) is 5.91 Å². The Morgan fingerprint density at radius 2 is 1.59 bits per heavy atom. The molecule has 0 atom stereocenters. The molecule has 0 aliphatic rings. The third kappa shape index (κ3) is 12.6. The minimum atomic E-state index is 0.0321. The molecular weight excluding hydrogens is 548 g/mol. The van der Waals surface area contributed by atoms with Crippen molar-refractivity contribution in [2.24, 2.45) is 0 Å². The highest BCUT2D eigenvalue weighted by Crippen LogP contribution is 2.27. The van der Waals surface area contributed by atoms with Crippen molar-refractivity contribution in [2.75, 3.05) is 18.1 Å². The van der Waals surface area contributed by atoms with Crippen LogP contribution < -0.4 is 9.64 Å². The Labute approximate surface area is 257 Å². The zero-order valence-corrected chi connectivity index (χ0v) is 27.0. The molecule has 224 valence electrons. The third-order valence-corrected chi connectivity index (χ3v) is 8.73. The van der Waals surface area contributed by atoms with Crippen LogP contribution in [0.4, 0.5) is 5.69 Å². The van der Waals surface area contributed by atoms with Crippen molar-refractivity contribution in [1.82, 2.24) is 4.98 Å². The molecule has 0 unspecified atom stereocenters. The second-order valence-electron chi connectivity index (χ2n) is 11.1. The Hall–Kier alpha value is -2.37. The Morgan fingerprint density at radius 1 is 0.902 bits per heavy atom. The quantitative estimate of drug-likeness (QED) is 0.122. The van der Waals surface area contributed by atoms with Gasteiger partial charge >= 0.3 is 0 Å². The predicted molar refractivity (Wildman–Crippen MR) is 176 cm³/mol. The molecule has 0 bridgehead atoms. The molecule has 0 N–H and O–H groups in total. The first-order chi connectivity index (χ1) is 20.0. The maximum atomic E-state index is 12.6. The van der Waals surface area contributed by atoms with E-state index in [1.54, 1.807) is 18.3 Å². The highest BCUT2D eigenvalue weighted by Gasteiger charge is 2.14. The molecule has 0 saturated carbocycles. The molecule has 3 aromatic rings. The van der Waals surface area contributed by atoms with Crippen LogP contribution in [0.25, 0.3) is 0 Å². The summed E-state index contributed by atoms with van der Waals surface area (Å²) in [6.07, 6.45) is 19.3. The van der Waals surface area contributed by atoms with E-state index in [4.69, 9.17) is 16.3 Å². The van der Waals surface area contributed by atoms with Gasteiger partial charge in [-0.05, 0) is 55.2 Å². The second-order valence-corrected chi connectivity index (χ2v) is 12.9. The summed E-state index contributed by atoms with van der Waals surface area (Å²) < 4.78 is 6.06. The number of hydrogen-bond donors (Lipinski definition) is 0. The van der Waals surface area contributed by atoms with Crippen LogP contribution in [0.2, 0.25) is 5.02 Å². The SMILES string of the molecule is CCCCCCCCCCCCCCOc1cc(CCN(C(C)=O)c2cccc(Cc3ncc(C)s3)c2)ccc1Cl. The summed E-state index contributed by atoms with van der Waals surface area (Å²) in [5, 5.41) is 1.73. The van der Waals surface area contributed by atoms with E-state index in [1.807, 2.05) is 41.4 Å². The maximum Gasteiger partial charge on any atom is 0.223 e. The molecule has 0 spiro atoms. The van der Waals surface area contributed by atoms with E-state index in [1.165, 1.54) is 75.5 Å². The Morgan fingerprint density at radius 3 is 2.22 bits per heavy atom. The molecule has 41 heavy (non-hydrogen) atoms. The van der Waals surface area contributed by atoms with Crippen LogP contribution in [-0.4, -0.2) is 24.0 Å². The lowest BCUT2D eigenvalue weighted by molar-refractivity contribution is -0.116. The fourth-order valence-electron chi connectivity index (χ4n) is 5.14. The van der Waals surface area contributed by atoms with Gasteiger partial charge in [-0.2, -0.15) is 0 Å². The topological polar surface area (TPSA) is 42.4 Å². The average molecular weight is 597 g/mol. The van der Waals surface area contributed by atoms with Gasteiger partial charge in [0.1, 0.15) is 5.75 Å². The normalized spacial score (nSPS) is 11.1. The summed E-state index contributed by atoms with van der Waals surface area (Å²) in [5.41, 5.74) is 3.18. The lowest BCUT2D eigenvalue weighted by atomic mass is 10.1. The third-order valence-electron chi connectivity index (χ3n) is 7.50. The fourth-order valence-corrected chi connectivity index (χ4v) is 6.13. The molecule has 0 saturated heterocycles. The van der Waals surface area contributed by atoms with Gasteiger partial charge in [0.05, 0.1) is 16.6 Å². The summed E-state index contributed by atoms with van der Waals surface area (Å²) >= 11 is 8.16. The summed E-state index contributed by atoms with van der Waals surface area (Å²) in [7, 11) is 0. The number of amides is 1. The molecular formula is C35H49ClN2O2S. The summed E-state index contributed by atoms with van der Waals surface area (Å²) in [6.45, 7) is 7.25. The Kier molecular flexibility index (Phi) is 15.3. The zero-order valence-electron chi connectivity index (χ0n) is 25.4. The number of unbranched alkanes of at least 4 members (excludes halogenated alkanes) is 11. The summed E-state index contributed by atoms with van der Waals surface area (Å²) in [6, 6.07) is 14.2. The molecule has 0 radical (unpaired) electrons. The standard InChI is InChI=1S/C35H49ClN2O2S/c1-4-5-6-7-8-9-10-11-12-13-14-15-23-40-34-25-30(19-20-33(34)36)21-22-38(29(3)39)32-18-16-17-31(24-32)26-35-37-27-28(2)41-35/h16-20,24-25,27H,4-15,21-23,26H2,1-3H3. The van der Waals surface area contributed by atoms with E-state index in [0.717, 1.165) is 46.8 Å². The first-order valence-electron chi connectivity index (χ1n) is 15.7. The van der Waals surface area contributed by atoms with Crippen molar-refractivity contribution >= 4 is 34.5 Å². The van der Waals surface area contributed by atoms with Gasteiger partial charge in [-0.1, -0.05) is 107 Å². The van der Waals surface area contributed by atoms with E-state index < -0.39 is 0 Å². The number of carbonyl (C=O) groups excluding carboxylic acids is 1. The molecule has 1 heterocycles. The molecule has 0 fully saturated rings. The van der Waals surface area contributed by atoms with Gasteiger partial charge in [0, 0.05) is 36.7 Å². The van der Waals surface area contributed by atoms with Crippen molar-refractivity contribution in [2.45, 2.75) is 111 Å². The van der Waals surface area contributed by atoms with Crippen LogP contribution in [0.1, 0.15) is 112 Å². The van der Waals surface area contributed by atoms with Crippen LogP contribution >= 0.6 is 22.9 Å². The summed E-state index contributed by atoms with van der Waals surface area (Å²) in [4.78, 5) is 20.1. The van der Waals surface area contributed by atoms with Crippen LogP contribution in [0.3, 0.4) is 0 Å². The van der Waals surface area contributed by atoms with Crippen molar-refractivity contribution in [3.8, 4) is 5.75 Å². The second kappa shape index (κ2) is 18.9.